The van der Waals surface area contributed by atoms with E-state index in [1.165, 1.54) is 6.26 Å². The van der Waals surface area contributed by atoms with Gasteiger partial charge in [-0.05, 0) is 46.9 Å². The van der Waals surface area contributed by atoms with Gasteiger partial charge in [0.25, 0.3) is 0 Å². The van der Waals surface area contributed by atoms with Crippen LogP contribution in [-0.4, -0.2) is 34.7 Å². The van der Waals surface area contributed by atoms with E-state index < -0.39 is 5.97 Å². The molecule has 0 N–H and O–H groups in total. The van der Waals surface area contributed by atoms with Crippen LogP contribution in [0.15, 0.2) is 28.0 Å². The average molecular weight is 278 g/mol. The Kier molecular flexibility index (Phi) is 3.73. The Morgan fingerprint density at radius 2 is 1.90 bits per heavy atom. The van der Waals surface area contributed by atoms with E-state index in [4.69, 9.17) is 9.25 Å². The van der Waals surface area contributed by atoms with Crippen molar-refractivity contribution in [2.75, 3.05) is 7.05 Å². The smallest absolute Gasteiger partial charge is 0.400 e. The summed E-state index contributed by atoms with van der Waals surface area (Å²) in [5, 5.41) is 4.05. The molecule has 0 saturated carbocycles. The van der Waals surface area contributed by atoms with E-state index in [0.717, 1.165) is 18.6 Å². The molecule has 1 aliphatic heterocycles. The zero-order chi connectivity index (χ0) is 15.0. The Labute approximate surface area is 119 Å². The van der Waals surface area contributed by atoms with E-state index in [9.17, 15) is 4.79 Å². The molecule has 0 atom stereocenters. The maximum absolute atomic E-state index is 11.7. The van der Waals surface area contributed by atoms with Crippen molar-refractivity contribution in [3.63, 3.8) is 0 Å². The first kappa shape index (κ1) is 14.8. The van der Waals surface area contributed by atoms with Crippen LogP contribution in [0.5, 0.6) is 0 Å². The number of nitrogens with zero attached hydrogens (tertiary/aromatic N) is 2. The number of carbonyl (C=O) groups is 1. The maximum atomic E-state index is 11.7. The second-order valence-corrected chi connectivity index (χ2v) is 6.55. The van der Waals surface area contributed by atoms with Gasteiger partial charge in [-0.25, -0.2) is 4.79 Å². The number of furan rings is 1. The van der Waals surface area contributed by atoms with Gasteiger partial charge in [0.2, 0.25) is 5.76 Å². The summed E-state index contributed by atoms with van der Waals surface area (Å²) in [4.78, 5) is 19.0. The molecule has 110 valence electrons. The van der Waals surface area contributed by atoms with Gasteiger partial charge in [-0.15, -0.1) is 0 Å². The van der Waals surface area contributed by atoms with Gasteiger partial charge in [0.1, 0.15) is 0 Å². The second-order valence-electron chi connectivity index (χ2n) is 6.55. The van der Waals surface area contributed by atoms with E-state index in [-0.39, 0.29) is 16.8 Å². The van der Waals surface area contributed by atoms with Crippen molar-refractivity contribution in [1.82, 2.24) is 4.90 Å². The zero-order valence-corrected chi connectivity index (χ0v) is 12.8. The first-order valence-electron chi connectivity index (χ1n) is 6.77. The summed E-state index contributed by atoms with van der Waals surface area (Å²) in [5.41, 5.74) is 0.869. The highest BCUT2D eigenvalue weighted by atomic mass is 16.7. The molecule has 0 unspecified atom stereocenters. The van der Waals surface area contributed by atoms with E-state index in [1.807, 2.05) is 0 Å². The molecule has 1 aromatic rings. The van der Waals surface area contributed by atoms with E-state index >= 15 is 0 Å². The third-order valence-electron chi connectivity index (χ3n) is 4.07. The van der Waals surface area contributed by atoms with Crippen molar-refractivity contribution in [2.45, 2.75) is 51.6 Å². The zero-order valence-electron chi connectivity index (χ0n) is 12.8. The second kappa shape index (κ2) is 5.05. The number of hydrogen-bond acceptors (Lipinski definition) is 5. The predicted octanol–water partition coefficient (Wildman–Crippen LogP) is 3.08. The fourth-order valence-corrected chi connectivity index (χ4v) is 2.73. The van der Waals surface area contributed by atoms with E-state index in [1.54, 1.807) is 12.1 Å². The molecule has 2 rings (SSSR count). The summed E-state index contributed by atoms with van der Waals surface area (Å²) in [5.74, 6) is -0.391. The molecule has 2 heterocycles. The summed E-state index contributed by atoms with van der Waals surface area (Å²) < 4.78 is 4.98. The Hall–Kier alpha value is -1.62. The molecule has 5 heteroatoms. The molecule has 5 nitrogen and oxygen atoms in total. The lowest BCUT2D eigenvalue weighted by Gasteiger charge is -2.50. The monoisotopic (exact) mass is 278 g/mol. The number of hydrogen-bond donors (Lipinski definition) is 0. The van der Waals surface area contributed by atoms with Crippen LogP contribution < -0.4 is 0 Å². The van der Waals surface area contributed by atoms with Crippen LogP contribution in [-0.2, 0) is 4.84 Å². The van der Waals surface area contributed by atoms with Gasteiger partial charge in [0.15, 0.2) is 0 Å². The van der Waals surface area contributed by atoms with Gasteiger partial charge in [0, 0.05) is 23.9 Å². The minimum Gasteiger partial charge on any atom is -0.457 e. The molecule has 1 aromatic heterocycles. The van der Waals surface area contributed by atoms with Crippen molar-refractivity contribution < 1.29 is 14.0 Å². The van der Waals surface area contributed by atoms with Crippen LogP contribution in [0.4, 0.5) is 0 Å². The minimum atomic E-state index is -0.558. The molecule has 1 aliphatic rings. The molecule has 0 amide bonds. The normalized spacial score (nSPS) is 21.6. The van der Waals surface area contributed by atoms with Crippen molar-refractivity contribution >= 4 is 11.7 Å². The number of rotatable bonds is 2. The highest BCUT2D eigenvalue weighted by Gasteiger charge is 2.41. The Balaban J connectivity index is 2.09. The standard InChI is InChI=1S/C15H22N2O3/c1-14(2)9-11(10-15(3,4)17(14)5)16-20-13(18)12-7-6-8-19-12/h6-8H,9-10H2,1-5H3. The highest BCUT2D eigenvalue weighted by Crippen LogP contribution is 2.35. The van der Waals surface area contributed by atoms with Crippen molar-refractivity contribution in [3.8, 4) is 0 Å². The van der Waals surface area contributed by atoms with Crippen LogP contribution in [0.25, 0.3) is 0 Å². The number of carbonyl (C=O) groups excluding carboxylic acids is 1. The fourth-order valence-electron chi connectivity index (χ4n) is 2.73. The van der Waals surface area contributed by atoms with Crippen molar-refractivity contribution in [3.05, 3.63) is 24.2 Å². The lowest BCUT2D eigenvalue weighted by Crippen LogP contribution is -2.58. The maximum Gasteiger partial charge on any atom is 0.400 e. The number of oxime groups is 1. The first-order chi connectivity index (χ1) is 9.22. The average Bonchev–Trinajstić information content (AvgIpc) is 2.86. The summed E-state index contributed by atoms with van der Waals surface area (Å²) >= 11 is 0. The molecule has 0 spiro atoms. The van der Waals surface area contributed by atoms with Crippen LogP contribution >= 0.6 is 0 Å². The molecule has 0 bridgehead atoms. The van der Waals surface area contributed by atoms with Crippen LogP contribution in [0.2, 0.25) is 0 Å². The lowest BCUT2D eigenvalue weighted by atomic mass is 9.79. The van der Waals surface area contributed by atoms with Gasteiger partial charge in [-0.3, -0.25) is 4.90 Å². The Morgan fingerprint density at radius 3 is 2.40 bits per heavy atom. The number of likely N-dealkylation sites (tertiary alicyclic amines) is 1. The van der Waals surface area contributed by atoms with Crippen molar-refractivity contribution in [1.29, 1.82) is 0 Å². The fraction of sp³-hybridized carbons (Fsp3) is 0.600. The van der Waals surface area contributed by atoms with Crippen LogP contribution in [0, 0.1) is 0 Å². The van der Waals surface area contributed by atoms with E-state index in [2.05, 4.69) is 44.8 Å². The molecule has 1 fully saturated rings. The molecule has 0 radical (unpaired) electrons. The van der Waals surface area contributed by atoms with Gasteiger partial charge in [0.05, 0.1) is 12.0 Å². The summed E-state index contributed by atoms with van der Waals surface area (Å²) in [7, 11) is 2.12. The lowest BCUT2D eigenvalue weighted by molar-refractivity contribution is 0.0313. The quantitative estimate of drug-likeness (QED) is 0.616. The third-order valence-corrected chi connectivity index (χ3v) is 4.07. The molecular formula is C15H22N2O3. The molecule has 20 heavy (non-hydrogen) atoms. The summed E-state index contributed by atoms with van der Waals surface area (Å²) in [6, 6.07) is 3.20. The minimum absolute atomic E-state index is 0.0162. The Bertz CT molecular complexity index is 495. The molecule has 1 saturated heterocycles. The molecule has 0 aliphatic carbocycles. The van der Waals surface area contributed by atoms with Crippen LogP contribution in [0.1, 0.15) is 51.1 Å². The predicted molar refractivity (Wildman–Crippen MR) is 76.7 cm³/mol. The van der Waals surface area contributed by atoms with Gasteiger partial charge in [-0.2, -0.15) is 0 Å². The summed E-state index contributed by atoms with van der Waals surface area (Å²) in [6.07, 6.45) is 2.99. The summed E-state index contributed by atoms with van der Waals surface area (Å²) in [6.45, 7) is 8.66. The van der Waals surface area contributed by atoms with Crippen molar-refractivity contribution in [2.24, 2.45) is 5.16 Å². The first-order valence-corrected chi connectivity index (χ1v) is 6.77. The molecule has 0 aromatic carbocycles. The van der Waals surface area contributed by atoms with Gasteiger partial charge < -0.3 is 9.25 Å². The SMILES string of the molecule is CN1C(C)(C)CC(=NOC(=O)c2ccco2)CC1(C)C. The van der Waals surface area contributed by atoms with Gasteiger partial charge in [-0.1, -0.05) is 5.16 Å². The van der Waals surface area contributed by atoms with E-state index in [0.29, 0.717) is 0 Å². The molecular weight excluding hydrogens is 256 g/mol. The number of piperidine rings is 1. The Morgan fingerprint density at radius 1 is 1.30 bits per heavy atom. The third kappa shape index (κ3) is 2.93. The highest BCUT2D eigenvalue weighted by molar-refractivity contribution is 5.90. The van der Waals surface area contributed by atoms with Crippen LogP contribution in [0.3, 0.4) is 0 Å². The van der Waals surface area contributed by atoms with Gasteiger partial charge >= 0.3 is 5.97 Å². The topological polar surface area (TPSA) is 55.0 Å². The largest absolute Gasteiger partial charge is 0.457 e.